The molecule has 19 heavy (non-hydrogen) atoms. The van der Waals surface area contributed by atoms with Crippen LogP contribution in [0.4, 0.5) is 0 Å². The molecule has 0 heterocycles. The van der Waals surface area contributed by atoms with Gasteiger partial charge in [-0.15, -0.1) is 0 Å². The second-order valence-corrected chi connectivity index (χ2v) is 8.66. The zero-order chi connectivity index (χ0) is 14.5. The summed E-state index contributed by atoms with van der Waals surface area (Å²) in [6.07, 6.45) is 4.43. The Bertz CT molecular complexity index is 486. The van der Waals surface area contributed by atoms with E-state index >= 15 is 0 Å². The van der Waals surface area contributed by atoms with Crippen molar-refractivity contribution in [3.63, 3.8) is 0 Å². The van der Waals surface area contributed by atoms with Gasteiger partial charge in [0.25, 0.3) is 0 Å². The Morgan fingerprint density at radius 1 is 1.32 bits per heavy atom. The zero-order valence-corrected chi connectivity index (χ0v) is 12.9. The number of hydrogen-bond donors (Lipinski definition) is 2. The van der Waals surface area contributed by atoms with Gasteiger partial charge < -0.3 is 5.32 Å². The van der Waals surface area contributed by atoms with E-state index in [-0.39, 0.29) is 29.3 Å². The maximum absolute atomic E-state index is 11.8. The maximum atomic E-state index is 11.8. The van der Waals surface area contributed by atoms with Crippen LogP contribution in [-0.4, -0.2) is 33.2 Å². The van der Waals surface area contributed by atoms with E-state index in [4.69, 9.17) is 0 Å². The topological polar surface area (TPSA) is 75.3 Å². The van der Waals surface area contributed by atoms with Crippen molar-refractivity contribution in [1.82, 2.24) is 10.0 Å². The number of amides is 1. The molecule has 110 valence electrons. The first-order valence-electron chi connectivity index (χ1n) is 6.80. The number of carbonyl (C=O) groups is 1. The van der Waals surface area contributed by atoms with Crippen LogP contribution in [0.15, 0.2) is 0 Å². The second-order valence-electron chi connectivity index (χ2n) is 6.82. The molecule has 0 aromatic rings. The second kappa shape index (κ2) is 4.45. The Morgan fingerprint density at radius 3 is 2.37 bits per heavy atom. The van der Waals surface area contributed by atoms with Gasteiger partial charge in [0.2, 0.25) is 15.9 Å². The number of carbonyl (C=O) groups excluding carboxylic acids is 1. The number of nitrogens with one attached hydrogen (secondary N) is 2. The van der Waals surface area contributed by atoms with Crippen LogP contribution in [0.5, 0.6) is 0 Å². The van der Waals surface area contributed by atoms with Crippen LogP contribution < -0.4 is 10.0 Å². The molecule has 0 spiro atoms. The molecule has 2 fully saturated rings. The lowest BCUT2D eigenvalue weighted by Gasteiger charge is -2.39. The fourth-order valence-corrected chi connectivity index (χ4v) is 4.26. The van der Waals surface area contributed by atoms with E-state index in [1.165, 1.54) is 6.42 Å². The molecule has 0 aliphatic heterocycles. The normalized spacial score (nSPS) is 36.4. The van der Waals surface area contributed by atoms with E-state index in [0.29, 0.717) is 5.92 Å². The Hall–Kier alpha value is -0.620. The van der Waals surface area contributed by atoms with E-state index in [1.54, 1.807) is 0 Å². The molecule has 1 amide bonds. The SMILES string of the molecule is CC1(C)[C@H]2CC[C@@]1(C)[C@H](NC(=O)CNS(C)(=O)=O)C2. The van der Waals surface area contributed by atoms with E-state index in [2.05, 4.69) is 30.8 Å². The summed E-state index contributed by atoms with van der Waals surface area (Å²) in [6, 6.07) is 0.162. The highest BCUT2D eigenvalue weighted by molar-refractivity contribution is 7.88. The van der Waals surface area contributed by atoms with Gasteiger partial charge in [0.15, 0.2) is 0 Å². The molecule has 5 nitrogen and oxygen atoms in total. The minimum absolute atomic E-state index is 0.123. The van der Waals surface area contributed by atoms with Gasteiger partial charge in [-0.2, -0.15) is 0 Å². The summed E-state index contributed by atoms with van der Waals surface area (Å²) in [7, 11) is -3.31. The summed E-state index contributed by atoms with van der Waals surface area (Å²) < 4.78 is 24.2. The van der Waals surface area contributed by atoms with Crippen molar-refractivity contribution < 1.29 is 13.2 Å². The minimum Gasteiger partial charge on any atom is -0.352 e. The molecule has 2 aliphatic rings. The lowest BCUT2D eigenvalue weighted by atomic mass is 9.69. The standard InChI is InChI=1S/C13H24N2O3S/c1-12(2)9-5-6-13(12,3)10(7-9)15-11(16)8-14-19(4,17)18/h9-10,14H,5-8H2,1-4H3,(H,15,16)/t9-,10+,13-/m0/s1. The molecular formula is C13H24N2O3S. The van der Waals surface area contributed by atoms with E-state index in [9.17, 15) is 13.2 Å². The average molecular weight is 288 g/mol. The van der Waals surface area contributed by atoms with E-state index < -0.39 is 10.0 Å². The van der Waals surface area contributed by atoms with Gasteiger partial charge in [-0.25, -0.2) is 13.1 Å². The molecule has 2 rings (SSSR count). The van der Waals surface area contributed by atoms with Crippen LogP contribution in [0.25, 0.3) is 0 Å². The minimum atomic E-state index is -3.31. The van der Waals surface area contributed by atoms with Gasteiger partial charge in [0, 0.05) is 6.04 Å². The van der Waals surface area contributed by atoms with Crippen molar-refractivity contribution in [3.05, 3.63) is 0 Å². The van der Waals surface area contributed by atoms with Crippen LogP contribution in [-0.2, 0) is 14.8 Å². The number of fused-ring (bicyclic) bond motifs is 2. The number of rotatable bonds is 4. The van der Waals surface area contributed by atoms with Gasteiger partial charge in [-0.3, -0.25) is 4.79 Å². The van der Waals surface area contributed by atoms with Gasteiger partial charge in [0.1, 0.15) is 0 Å². The van der Waals surface area contributed by atoms with E-state index in [0.717, 1.165) is 19.1 Å². The third kappa shape index (κ3) is 2.52. The van der Waals surface area contributed by atoms with Crippen molar-refractivity contribution in [1.29, 1.82) is 0 Å². The molecule has 2 saturated carbocycles. The van der Waals surface area contributed by atoms with Crippen LogP contribution in [0.1, 0.15) is 40.0 Å². The predicted molar refractivity (Wildman–Crippen MR) is 74.0 cm³/mol. The first-order valence-corrected chi connectivity index (χ1v) is 8.69. The highest BCUT2D eigenvalue weighted by Crippen LogP contribution is 2.65. The highest BCUT2D eigenvalue weighted by Gasteiger charge is 2.61. The summed E-state index contributed by atoms with van der Waals surface area (Å²) in [6.45, 7) is 6.64. The maximum Gasteiger partial charge on any atom is 0.235 e. The quantitative estimate of drug-likeness (QED) is 0.806. The molecule has 6 heteroatoms. The van der Waals surface area contributed by atoms with Crippen LogP contribution >= 0.6 is 0 Å². The molecule has 0 aromatic carbocycles. The molecule has 2 aliphatic carbocycles. The molecule has 0 radical (unpaired) electrons. The monoisotopic (exact) mass is 288 g/mol. The number of sulfonamides is 1. The van der Waals surface area contributed by atoms with Gasteiger partial charge in [-0.1, -0.05) is 20.8 Å². The summed E-state index contributed by atoms with van der Waals surface area (Å²) in [5.74, 6) is 0.422. The predicted octanol–water partition coefficient (Wildman–Crippen LogP) is 0.867. The summed E-state index contributed by atoms with van der Waals surface area (Å²) in [4.78, 5) is 11.8. The van der Waals surface area contributed by atoms with E-state index in [1.807, 2.05) is 0 Å². The lowest BCUT2D eigenvalue weighted by Crippen LogP contribution is -2.49. The highest BCUT2D eigenvalue weighted by atomic mass is 32.2. The Balaban J connectivity index is 1.97. The molecule has 2 N–H and O–H groups in total. The molecule has 0 aromatic heterocycles. The third-order valence-corrected chi connectivity index (χ3v) is 6.29. The van der Waals surface area contributed by atoms with Gasteiger partial charge in [0.05, 0.1) is 12.8 Å². The Labute approximate surface area is 115 Å². The smallest absolute Gasteiger partial charge is 0.235 e. The summed E-state index contributed by atoms with van der Waals surface area (Å²) in [5.41, 5.74) is 0.369. The van der Waals surface area contributed by atoms with Crippen molar-refractivity contribution in [3.8, 4) is 0 Å². The number of hydrogen-bond acceptors (Lipinski definition) is 3. The molecular weight excluding hydrogens is 264 g/mol. The summed E-state index contributed by atoms with van der Waals surface area (Å²) >= 11 is 0. The Kier molecular flexibility index (Phi) is 3.46. The fraction of sp³-hybridized carbons (Fsp3) is 0.923. The Morgan fingerprint density at radius 2 is 1.95 bits per heavy atom. The molecule has 3 atom stereocenters. The largest absolute Gasteiger partial charge is 0.352 e. The first-order chi connectivity index (χ1) is 8.56. The van der Waals surface area contributed by atoms with Crippen LogP contribution in [0, 0.1) is 16.7 Å². The van der Waals surface area contributed by atoms with Gasteiger partial charge >= 0.3 is 0 Å². The lowest BCUT2D eigenvalue weighted by molar-refractivity contribution is -0.121. The van der Waals surface area contributed by atoms with Crippen LogP contribution in [0.3, 0.4) is 0 Å². The zero-order valence-electron chi connectivity index (χ0n) is 12.1. The summed E-state index contributed by atoms with van der Waals surface area (Å²) in [5, 5.41) is 3.01. The average Bonchev–Trinajstić information content (AvgIpc) is 2.58. The van der Waals surface area contributed by atoms with Gasteiger partial charge in [-0.05, 0) is 36.0 Å². The molecule has 2 bridgehead atoms. The van der Waals surface area contributed by atoms with Crippen molar-refractivity contribution in [2.24, 2.45) is 16.7 Å². The van der Waals surface area contributed by atoms with Crippen molar-refractivity contribution in [2.75, 3.05) is 12.8 Å². The van der Waals surface area contributed by atoms with Crippen molar-refractivity contribution >= 4 is 15.9 Å². The first kappa shape index (κ1) is 14.8. The fourth-order valence-electron chi connectivity index (χ4n) is 3.86. The third-order valence-electron chi connectivity index (χ3n) is 5.62. The molecule has 0 saturated heterocycles. The van der Waals surface area contributed by atoms with Crippen molar-refractivity contribution in [2.45, 2.75) is 46.1 Å². The molecule has 0 unspecified atom stereocenters. The van der Waals surface area contributed by atoms with Crippen LogP contribution in [0.2, 0.25) is 0 Å².